The summed E-state index contributed by atoms with van der Waals surface area (Å²) < 4.78 is 14.7. The molecule has 0 amide bonds. The molecule has 0 saturated carbocycles. The van der Waals surface area contributed by atoms with Crippen molar-refractivity contribution in [2.45, 2.75) is 31.3 Å². The Kier molecular flexibility index (Phi) is 3.12. The average molecular weight is 295 g/mol. The minimum absolute atomic E-state index is 0.107. The third kappa shape index (κ3) is 2.06. The number of fused-ring (bicyclic) bond motifs is 1. The highest BCUT2D eigenvalue weighted by Crippen LogP contribution is 2.33. The van der Waals surface area contributed by atoms with Gasteiger partial charge in [-0.25, -0.2) is 4.98 Å². The molecule has 1 aliphatic rings. The topological polar surface area (TPSA) is 130 Å². The number of aliphatic hydroxyl groups excluding tert-OH is 3. The number of hydrogen-bond donors (Lipinski definition) is 4. The number of anilines is 1. The second-order valence-corrected chi connectivity index (χ2v) is 4.97. The van der Waals surface area contributed by atoms with Crippen molar-refractivity contribution in [3.8, 4) is 0 Å². The number of aromatic nitrogens is 4. The molecule has 0 spiro atoms. The number of aliphatic hydroxyl groups is 3. The second kappa shape index (κ2) is 4.72. The van der Waals surface area contributed by atoms with Gasteiger partial charge in [0.25, 0.3) is 0 Å². The first-order chi connectivity index (χ1) is 9.90. The van der Waals surface area contributed by atoms with E-state index < -0.39 is 30.4 Å². The first-order valence-corrected chi connectivity index (χ1v) is 6.31. The maximum Gasteiger partial charge on any atom is 0.312 e. The Hall–Kier alpha value is -2.10. The number of halogens is 1. The summed E-state index contributed by atoms with van der Waals surface area (Å²) in [5, 5.41) is 29.6. The molecular formula is C12H14FN5O3. The highest BCUT2D eigenvalue weighted by Gasteiger charge is 2.38. The van der Waals surface area contributed by atoms with Crippen molar-refractivity contribution in [2.75, 3.05) is 5.73 Å². The van der Waals surface area contributed by atoms with Gasteiger partial charge in [0.05, 0.1) is 18.5 Å². The number of imidazole rings is 1. The fraction of sp³-hybridized carbons (Fsp3) is 0.417. The van der Waals surface area contributed by atoms with Gasteiger partial charge < -0.3 is 25.6 Å². The smallest absolute Gasteiger partial charge is 0.312 e. The number of rotatable bonds is 2. The van der Waals surface area contributed by atoms with Crippen LogP contribution in [0.25, 0.3) is 11.2 Å². The van der Waals surface area contributed by atoms with Gasteiger partial charge in [0.15, 0.2) is 11.5 Å². The molecule has 4 atom stereocenters. The van der Waals surface area contributed by atoms with Crippen molar-refractivity contribution in [2.24, 2.45) is 0 Å². The standard InChI is InChI=1S/C12H14FN5O3/c1-4(19)5-2-6(9(21)8(5)20)18-3-15-7-10(14)16-12(13)17-11(7)18/h2-4,6,8-9,19-21H,1H3,(H2,14,16,17)/t4-,6-,8-,9+/m1/s1. The Balaban J connectivity index is 2.13. The molecule has 0 bridgehead atoms. The minimum Gasteiger partial charge on any atom is -0.389 e. The molecule has 2 aromatic rings. The van der Waals surface area contributed by atoms with E-state index in [9.17, 15) is 19.7 Å². The van der Waals surface area contributed by atoms with Crippen LogP contribution in [-0.2, 0) is 0 Å². The second-order valence-electron chi connectivity index (χ2n) is 4.97. The van der Waals surface area contributed by atoms with E-state index in [1.807, 2.05) is 0 Å². The molecule has 5 N–H and O–H groups in total. The SMILES string of the molecule is C[C@@H](O)C1=C[C@@H](n2cnc3c(N)nc(F)nc32)[C@H](O)[C@@H]1O. The summed E-state index contributed by atoms with van der Waals surface area (Å²) in [6.45, 7) is 1.48. The van der Waals surface area contributed by atoms with E-state index in [1.54, 1.807) is 0 Å². The lowest BCUT2D eigenvalue weighted by atomic mass is 10.1. The molecule has 2 aromatic heterocycles. The summed E-state index contributed by atoms with van der Waals surface area (Å²) in [4.78, 5) is 11.0. The molecule has 0 unspecified atom stereocenters. The fourth-order valence-corrected chi connectivity index (χ4v) is 2.54. The lowest BCUT2D eigenvalue weighted by Gasteiger charge is -2.19. The van der Waals surface area contributed by atoms with E-state index in [1.165, 1.54) is 23.9 Å². The molecule has 2 heterocycles. The van der Waals surface area contributed by atoms with Gasteiger partial charge in [-0.05, 0) is 12.5 Å². The summed E-state index contributed by atoms with van der Waals surface area (Å²) in [7, 11) is 0. The van der Waals surface area contributed by atoms with Crippen LogP contribution in [0.4, 0.5) is 10.2 Å². The number of nitrogens with zero attached hydrogens (tertiary/aromatic N) is 4. The fourth-order valence-electron chi connectivity index (χ4n) is 2.54. The summed E-state index contributed by atoms with van der Waals surface area (Å²) in [5.74, 6) is -0.107. The molecule has 0 aliphatic heterocycles. The summed E-state index contributed by atoms with van der Waals surface area (Å²) >= 11 is 0. The first-order valence-electron chi connectivity index (χ1n) is 6.31. The molecule has 0 radical (unpaired) electrons. The van der Waals surface area contributed by atoms with Gasteiger partial charge in [-0.1, -0.05) is 6.08 Å². The van der Waals surface area contributed by atoms with Crippen LogP contribution in [-0.4, -0.2) is 53.2 Å². The Morgan fingerprint density at radius 2 is 2.10 bits per heavy atom. The molecule has 0 fully saturated rings. The molecule has 1 aliphatic carbocycles. The van der Waals surface area contributed by atoms with Crippen molar-refractivity contribution in [3.63, 3.8) is 0 Å². The number of nitrogens with two attached hydrogens (primary N) is 1. The van der Waals surface area contributed by atoms with Gasteiger partial charge >= 0.3 is 6.08 Å². The van der Waals surface area contributed by atoms with Gasteiger partial charge in [-0.3, -0.25) is 0 Å². The van der Waals surface area contributed by atoms with Crippen LogP contribution in [0.1, 0.15) is 13.0 Å². The van der Waals surface area contributed by atoms with Crippen LogP contribution in [0.2, 0.25) is 0 Å². The zero-order chi connectivity index (χ0) is 15.3. The van der Waals surface area contributed by atoms with Crippen LogP contribution < -0.4 is 5.73 Å². The minimum atomic E-state index is -1.21. The predicted molar refractivity (Wildman–Crippen MR) is 70.5 cm³/mol. The highest BCUT2D eigenvalue weighted by atomic mass is 19.1. The molecule has 3 rings (SSSR count). The highest BCUT2D eigenvalue weighted by molar-refractivity contribution is 5.81. The number of hydrogen-bond acceptors (Lipinski definition) is 7. The summed E-state index contributed by atoms with van der Waals surface area (Å²) in [6, 6.07) is -0.733. The monoisotopic (exact) mass is 295 g/mol. The lowest BCUT2D eigenvalue weighted by molar-refractivity contribution is 0.0237. The van der Waals surface area contributed by atoms with Crippen molar-refractivity contribution >= 4 is 17.0 Å². The quantitative estimate of drug-likeness (QED) is 0.418. The Bertz CT molecular complexity index is 729. The third-order valence-corrected chi connectivity index (χ3v) is 3.60. The van der Waals surface area contributed by atoms with Gasteiger partial charge in [0.1, 0.15) is 17.7 Å². The molecule has 21 heavy (non-hydrogen) atoms. The van der Waals surface area contributed by atoms with Crippen molar-refractivity contribution in [1.29, 1.82) is 0 Å². The van der Waals surface area contributed by atoms with Crippen molar-refractivity contribution < 1.29 is 19.7 Å². The Morgan fingerprint density at radius 1 is 1.38 bits per heavy atom. The van der Waals surface area contributed by atoms with Crippen LogP contribution in [0.3, 0.4) is 0 Å². The Morgan fingerprint density at radius 3 is 2.71 bits per heavy atom. The van der Waals surface area contributed by atoms with Crippen LogP contribution >= 0.6 is 0 Å². The molecule has 0 saturated heterocycles. The summed E-state index contributed by atoms with van der Waals surface area (Å²) in [5.41, 5.74) is 6.18. The normalized spacial score (nSPS) is 27.1. The average Bonchev–Trinajstić information content (AvgIpc) is 2.93. The third-order valence-electron chi connectivity index (χ3n) is 3.60. The van der Waals surface area contributed by atoms with Gasteiger partial charge in [0, 0.05) is 0 Å². The maximum atomic E-state index is 13.3. The van der Waals surface area contributed by atoms with Crippen LogP contribution in [0.15, 0.2) is 18.0 Å². The maximum absolute atomic E-state index is 13.3. The van der Waals surface area contributed by atoms with E-state index >= 15 is 0 Å². The van der Waals surface area contributed by atoms with E-state index in [2.05, 4.69) is 15.0 Å². The van der Waals surface area contributed by atoms with E-state index in [0.717, 1.165) is 0 Å². The molecular weight excluding hydrogens is 281 g/mol. The van der Waals surface area contributed by atoms with Crippen LogP contribution in [0, 0.1) is 6.08 Å². The molecule has 0 aromatic carbocycles. The first kappa shape index (κ1) is 13.9. The zero-order valence-electron chi connectivity index (χ0n) is 11.0. The van der Waals surface area contributed by atoms with E-state index in [-0.39, 0.29) is 22.6 Å². The van der Waals surface area contributed by atoms with Crippen molar-refractivity contribution in [3.05, 3.63) is 24.1 Å². The van der Waals surface area contributed by atoms with Crippen molar-refractivity contribution in [1.82, 2.24) is 19.5 Å². The molecule has 112 valence electrons. The Labute approximate surface area is 118 Å². The lowest BCUT2D eigenvalue weighted by Crippen LogP contribution is -2.31. The zero-order valence-corrected chi connectivity index (χ0v) is 11.0. The van der Waals surface area contributed by atoms with Gasteiger partial charge in [-0.15, -0.1) is 0 Å². The number of nitrogen functional groups attached to an aromatic ring is 1. The predicted octanol–water partition coefficient (Wildman–Crippen LogP) is -0.869. The van der Waals surface area contributed by atoms with E-state index in [0.29, 0.717) is 0 Å². The largest absolute Gasteiger partial charge is 0.389 e. The molecule has 9 heteroatoms. The van der Waals surface area contributed by atoms with Gasteiger partial charge in [-0.2, -0.15) is 14.4 Å². The van der Waals surface area contributed by atoms with Crippen LogP contribution in [0.5, 0.6) is 0 Å². The van der Waals surface area contributed by atoms with E-state index in [4.69, 9.17) is 5.73 Å². The summed E-state index contributed by atoms with van der Waals surface area (Å²) in [6.07, 6.45) is -1.49. The molecule has 8 nitrogen and oxygen atoms in total. The van der Waals surface area contributed by atoms with Gasteiger partial charge in [0.2, 0.25) is 0 Å².